The number of alkyl halides is 5. The summed E-state index contributed by atoms with van der Waals surface area (Å²) in [7, 11) is 0. The van der Waals surface area contributed by atoms with Gasteiger partial charge in [-0.2, -0.15) is 13.2 Å². The molecular formula is C22H20ClF5N4O2. The van der Waals surface area contributed by atoms with Crippen LogP contribution in [0, 0.1) is 11.8 Å². The molecule has 0 N–H and O–H groups in total. The predicted octanol–water partition coefficient (Wildman–Crippen LogP) is 4.21. The molecule has 1 saturated heterocycles. The Morgan fingerprint density at radius 1 is 1.15 bits per heavy atom. The minimum atomic E-state index is -4.68. The second-order valence-electron chi connectivity index (χ2n) is 9.73. The molecule has 3 aliphatic carbocycles. The van der Waals surface area contributed by atoms with E-state index in [1.807, 2.05) is 0 Å². The highest BCUT2D eigenvalue weighted by molar-refractivity contribution is 6.33. The highest BCUT2D eigenvalue weighted by Gasteiger charge is 2.72. The molecule has 2 atom stereocenters. The molecule has 0 bridgehead atoms. The number of rotatable bonds is 3. The summed E-state index contributed by atoms with van der Waals surface area (Å²) in [6, 6.07) is 0.788. The molecule has 34 heavy (non-hydrogen) atoms. The van der Waals surface area contributed by atoms with E-state index in [2.05, 4.69) is 4.98 Å². The Morgan fingerprint density at radius 2 is 1.82 bits per heavy atom. The fourth-order valence-electron chi connectivity index (χ4n) is 5.56. The number of piperazine rings is 1. The van der Waals surface area contributed by atoms with Gasteiger partial charge in [-0.3, -0.25) is 14.0 Å². The van der Waals surface area contributed by atoms with Crippen LogP contribution in [0.3, 0.4) is 0 Å². The van der Waals surface area contributed by atoms with E-state index >= 15 is 0 Å². The SMILES string of the molecule is O=C(c1nc2c(C(F)(F)F)cc(C3CC3)cn2c1Cl)N1CCN(C2CC3C(C2)C3(F)F)C(=O)C1. The quantitative estimate of drug-likeness (QED) is 0.591. The lowest BCUT2D eigenvalue weighted by atomic mass is 10.1. The van der Waals surface area contributed by atoms with E-state index in [1.54, 1.807) is 4.90 Å². The van der Waals surface area contributed by atoms with Crippen molar-refractivity contribution in [2.24, 2.45) is 11.8 Å². The lowest BCUT2D eigenvalue weighted by Crippen LogP contribution is -2.55. The van der Waals surface area contributed by atoms with Crippen molar-refractivity contribution < 1.29 is 31.5 Å². The summed E-state index contributed by atoms with van der Waals surface area (Å²) < 4.78 is 69.2. The number of nitrogens with zero attached hydrogens (tertiary/aromatic N) is 4. The number of aromatic nitrogens is 2. The normalized spacial score (nSPS) is 28.5. The second-order valence-corrected chi connectivity index (χ2v) is 10.1. The molecule has 1 aliphatic heterocycles. The Morgan fingerprint density at radius 3 is 2.41 bits per heavy atom. The zero-order valence-corrected chi connectivity index (χ0v) is 18.5. The van der Waals surface area contributed by atoms with Crippen molar-refractivity contribution in [3.63, 3.8) is 0 Å². The molecule has 2 unspecified atom stereocenters. The van der Waals surface area contributed by atoms with E-state index in [-0.39, 0.29) is 61.2 Å². The highest BCUT2D eigenvalue weighted by Crippen LogP contribution is 2.64. The van der Waals surface area contributed by atoms with Gasteiger partial charge in [0.05, 0.1) is 5.56 Å². The van der Waals surface area contributed by atoms with Crippen LogP contribution in [0.5, 0.6) is 0 Å². The Bertz CT molecular complexity index is 1210. The summed E-state index contributed by atoms with van der Waals surface area (Å²) in [5.74, 6) is -5.07. The van der Waals surface area contributed by atoms with E-state index < -0.39 is 41.1 Å². The Balaban J connectivity index is 1.24. The van der Waals surface area contributed by atoms with Gasteiger partial charge in [0.2, 0.25) is 5.91 Å². The van der Waals surface area contributed by atoms with Crippen LogP contribution in [0.2, 0.25) is 5.15 Å². The Hall–Kier alpha value is -2.43. The first-order chi connectivity index (χ1) is 16.0. The molecule has 4 aliphatic rings. The van der Waals surface area contributed by atoms with Crippen molar-refractivity contribution >= 4 is 29.1 Å². The molecule has 0 aromatic carbocycles. The Labute approximate surface area is 195 Å². The minimum absolute atomic E-state index is 0.0235. The summed E-state index contributed by atoms with van der Waals surface area (Å²) in [6.07, 6.45) is -1.13. The van der Waals surface area contributed by atoms with Crippen LogP contribution in [0.1, 0.15) is 53.2 Å². The summed E-state index contributed by atoms with van der Waals surface area (Å²) in [4.78, 5) is 32.5. The molecule has 2 aromatic heterocycles. The molecule has 2 aromatic rings. The van der Waals surface area contributed by atoms with Crippen molar-refractivity contribution in [1.82, 2.24) is 19.2 Å². The van der Waals surface area contributed by atoms with Crippen molar-refractivity contribution in [1.29, 1.82) is 0 Å². The monoisotopic (exact) mass is 502 g/mol. The van der Waals surface area contributed by atoms with Gasteiger partial charge in [0.1, 0.15) is 11.7 Å². The fourth-order valence-corrected chi connectivity index (χ4v) is 5.81. The molecule has 3 heterocycles. The van der Waals surface area contributed by atoms with Crippen LogP contribution in [0.25, 0.3) is 5.65 Å². The number of carbonyl (C=O) groups is 2. The lowest BCUT2D eigenvalue weighted by molar-refractivity contribution is -0.138. The largest absolute Gasteiger partial charge is 0.419 e. The van der Waals surface area contributed by atoms with Crippen molar-refractivity contribution in [3.8, 4) is 0 Å². The van der Waals surface area contributed by atoms with Gasteiger partial charge in [0, 0.05) is 37.2 Å². The Kier molecular flexibility index (Phi) is 4.58. The highest BCUT2D eigenvalue weighted by atomic mass is 35.5. The molecule has 2 amide bonds. The lowest BCUT2D eigenvalue weighted by Gasteiger charge is -2.38. The van der Waals surface area contributed by atoms with E-state index in [4.69, 9.17) is 11.6 Å². The molecule has 0 spiro atoms. The van der Waals surface area contributed by atoms with Gasteiger partial charge in [-0.25, -0.2) is 13.8 Å². The minimum Gasteiger partial charge on any atom is -0.336 e. The number of carbonyl (C=O) groups excluding carboxylic acids is 2. The third-order valence-electron chi connectivity index (χ3n) is 7.64. The van der Waals surface area contributed by atoms with Gasteiger partial charge in [-0.1, -0.05) is 11.6 Å². The summed E-state index contributed by atoms with van der Waals surface area (Å²) >= 11 is 6.33. The predicted molar refractivity (Wildman–Crippen MR) is 110 cm³/mol. The van der Waals surface area contributed by atoms with Crippen molar-refractivity contribution in [3.05, 3.63) is 34.2 Å². The van der Waals surface area contributed by atoms with Crippen LogP contribution in [0.15, 0.2) is 12.3 Å². The number of hydrogen-bond acceptors (Lipinski definition) is 3. The van der Waals surface area contributed by atoms with Gasteiger partial charge < -0.3 is 9.80 Å². The first-order valence-electron chi connectivity index (χ1n) is 11.2. The number of fused-ring (bicyclic) bond motifs is 2. The molecule has 0 radical (unpaired) electrons. The third-order valence-corrected chi connectivity index (χ3v) is 8.00. The smallest absolute Gasteiger partial charge is 0.336 e. The van der Waals surface area contributed by atoms with E-state index in [0.717, 1.165) is 23.3 Å². The van der Waals surface area contributed by atoms with E-state index in [1.165, 1.54) is 11.1 Å². The molecule has 6 nitrogen and oxygen atoms in total. The average molecular weight is 503 g/mol. The molecule has 182 valence electrons. The maximum atomic E-state index is 13.7. The van der Waals surface area contributed by atoms with Crippen LogP contribution in [0.4, 0.5) is 22.0 Å². The number of halogens is 6. The zero-order valence-electron chi connectivity index (χ0n) is 17.8. The topological polar surface area (TPSA) is 57.9 Å². The second kappa shape index (κ2) is 7.05. The number of pyridine rings is 1. The molecule has 12 heteroatoms. The summed E-state index contributed by atoms with van der Waals surface area (Å²) in [5, 5.41) is -0.235. The van der Waals surface area contributed by atoms with Gasteiger partial charge in [-0.15, -0.1) is 0 Å². The molecular weight excluding hydrogens is 483 g/mol. The molecule has 4 fully saturated rings. The van der Waals surface area contributed by atoms with Crippen molar-refractivity contribution in [2.45, 2.75) is 49.7 Å². The van der Waals surface area contributed by atoms with Crippen molar-refractivity contribution in [2.75, 3.05) is 19.6 Å². The number of hydrogen-bond donors (Lipinski definition) is 0. The molecule has 6 rings (SSSR count). The number of amides is 2. The van der Waals surface area contributed by atoms with Crippen LogP contribution >= 0.6 is 11.6 Å². The maximum absolute atomic E-state index is 13.7. The van der Waals surface area contributed by atoms with Gasteiger partial charge >= 0.3 is 6.18 Å². The van der Waals surface area contributed by atoms with Gasteiger partial charge in [-0.05, 0) is 43.2 Å². The summed E-state index contributed by atoms with van der Waals surface area (Å²) in [5.41, 5.74) is -1.28. The van der Waals surface area contributed by atoms with Gasteiger partial charge in [0.25, 0.3) is 11.8 Å². The fraction of sp³-hybridized carbons (Fsp3) is 0.591. The number of imidazole rings is 1. The van der Waals surface area contributed by atoms with E-state index in [9.17, 15) is 31.5 Å². The first-order valence-corrected chi connectivity index (χ1v) is 11.6. The standard InChI is InChI=1S/C22H20ClF5N4O2/c23-18-17(29-19-15(22(26,27)28)5-11(8-32(18)19)10-1-2-10)20(34)30-3-4-31(16(33)9-30)12-6-13-14(7-12)21(13,24)25/h5,8,10,12-14H,1-4,6-7,9H2. The average Bonchev–Trinajstić information content (AvgIpc) is 3.58. The first kappa shape index (κ1) is 22.1. The van der Waals surface area contributed by atoms with Crippen LogP contribution in [-0.4, -0.2) is 62.6 Å². The third kappa shape index (κ3) is 3.30. The van der Waals surface area contributed by atoms with Crippen LogP contribution in [-0.2, 0) is 11.0 Å². The van der Waals surface area contributed by atoms with E-state index in [0.29, 0.717) is 5.56 Å². The summed E-state index contributed by atoms with van der Waals surface area (Å²) in [6.45, 7) is -0.00790. The maximum Gasteiger partial charge on any atom is 0.419 e. The molecule has 3 saturated carbocycles. The zero-order chi connectivity index (χ0) is 24.2. The van der Waals surface area contributed by atoms with Gasteiger partial charge in [0.15, 0.2) is 11.3 Å². The van der Waals surface area contributed by atoms with Crippen LogP contribution < -0.4 is 0 Å².